The van der Waals surface area contributed by atoms with Crippen molar-refractivity contribution in [3.05, 3.63) is 65.5 Å². The number of nitrogens with zero attached hydrogens (tertiary/aromatic N) is 1. The Bertz CT molecular complexity index is 495. The van der Waals surface area contributed by atoms with Crippen LogP contribution < -0.4 is 5.73 Å². The number of rotatable bonds is 2. The molecule has 2 N–H and O–H groups in total. The molecule has 0 aliphatic heterocycles. The largest absolute Gasteiger partial charge is 0.320 e. The van der Waals surface area contributed by atoms with Crippen LogP contribution in [0.2, 0.25) is 0 Å². The highest BCUT2D eigenvalue weighted by Gasteiger charge is 2.14. The number of benzene rings is 1. The summed E-state index contributed by atoms with van der Waals surface area (Å²) in [5.74, 6) is 0. The van der Waals surface area contributed by atoms with Crippen LogP contribution in [0, 0.1) is 0 Å². The molecule has 0 amide bonds. The molecular weight excluding hydrogens is 220 g/mol. The molecular formula is C16H20N2. The Morgan fingerprint density at radius 3 is 2.17 bits per heavy atom. The second-order valence-electron chi connectivity index (χ2n) is 5.64. The van der Waals surface area contributed by atoms with E-state index in [4.69, 9.17) is 5.73 Å². The summed E-state index contributed by atoms with van der Waals surface area (Å²) in [6.07, 6.45) is 3.58. The SMILES string of the molecule is CC(C)(C)c1ccc(C(N)c2cccnc2)cc1. The van der Waals surface area contributed by atoms with Gasteiger partial charge in [-0.05, 0) is 28.2 Å². The first-order valence-electron chi connectivity index (χ1n) is 6.24. The van der Waals surface area contributed by atoms with Gasteiger partial charge in [0, 0.05) is 12.4 Å². The fraction of sp³-hybridized carbons (Fsp3) is 0.312. The van der Waals surface area contributed by atoms with Crippen molar-refractivity contribution < 1.29 is 0 Å². The maximum Gasteiger partial charge on any atom is 0.0566 e. The van der Waals surface area contributed by atoms with Gasteiger partial charge < -0.3 is 5.73 Å². The molecule has 0 fully saturated rings. The highest BCUT2D eigenvalue weighted by molar-refractivity contribution is 5.33. The third-order valence-corrected chi connectivity index (χ3v) is 3.18. The van der Waals surface area contributed by atoms with E-state index in [-0.39, 0.29) is 11.5 Å². The molecule has 0 radical (unpaired) electrons. The Morgan fingerprint density at radius 1 is 1.00 bits per heavy atom. The molecule has 0 saturated heterocycles. The molecule has 1 unspecified atom stereocenters. The van der Waals surface area contributed by atoms with Crippen molar-refractivity contribution in [1.29, 1.82) is 0 Å². The molecule has 2 heteroatoms. The average Bonchev–Trinajstić information content (AvgIpc) is 2.38. The lowest BCUT2D eigenvalue weighted by Crippen LogP contribution is -2.14. The molecule has 0 saturated carbocycles. The Morgan fingerprint density at radius 2 is 1.67 bits per heavy atom. The van der Waals surface area contributed by atoms with Gasteiger partial charge in [0.25, 0.3) is 0 Å². The normalized spacial score (nSPS) is 13.3. The average molecular weight is 240 g/mol. The van der Waals surface area contributed by atoms with Gasteiger partial charge >= 0.3 is 0 Å². The van der Waals surface area contributed by atoms with Crippen LogP contribution in [0.3, 0.4) is 0 Å². The lowest BCUT2D eigenvalue weighted by Gasteiger charge is -2.20. The molecule has 18 heavy (non-hydrogen) atoms. The van der Waals surface area contributed by atoms with Crippen LogP contribution in [-0.2, 0) is 5.41 Å². The number of hydrogen-bond acceptors (Lipinski definition) is 2. The molecule has 1 atom stereocenters. The zero-order valence-corrected chi connectivity index (χ0v) is 11.2. The topological polar surface area (TPSA) is 38.9 Å². The molecule has 2 rings (SSSR count). The van der Waals surface area contributed by atoms with E-state index in [1.807, 2.05) is 18.3 Å². The molecule has 94 valence electrons. The monoisotopic (exact) mass is 240 g/mol. The summed E-state index contributed by atoms with van der Waals surface area (Å²) >= 11 is 0. The summed E-state index contributed by atoms with van der Waals surface area (Å²) in [6.45, 7) is 6.63. The first-order chi connectivity index (χ1) is 8.48. The smallest absolute Gasteiger partial charge is 0.0566 e. The molecule has 0 spiro atoms. The summed E-state index contributed by atoms with van der Waals surface area (Å²) in [4.78, 5) is 4.11. The molecule has 0 aliphatic carbocycles. The van der Waals surface area contributed by atoms with E-state index in [1.165, 1.54) is 5.56 Å². The third-order valence-electron chi connectivity index (χ3n) is 3.18. The second kappa shape index (κ2) is 4.91. The van der Waals surface area contributed by atoms with Crippen LogP contribution in [0.25, 0.3) is 0 Å². The predicted octanol–water partition coefficient (Wildman–Crippen LogP) is 3.43. The van der Waals surface area contributed by atoms with E-state index in [1.54, 1.807) is 6.20 Å². The first kappa shape index (κ1) is 12.8. The van der Waals surface area contributed by atoms with Crippen LogP contribution in [-0.4, -0.2) is 4.98 Å². The van der Waals surface area contributed by atoms with Gasteiger partial charge in [0.1, 0.15) is 0 Å². The van der Waals surface area contributed by atoms with Gasteiger partial charge in [0.15, 0.2) is 0 Å². The molecule has 2 aromatic rings. The van der Waals surface area contributed by atoms with Crippen LogP contribution in [0.1, 0.15) is 43.5 Å². The minimum atomic E-state index is -0.104. The summed E-state index contributed by atoms with van der Waals surface area (Å²) < 4.78 is 0. The third kappa shape index (κ3) is 2.77. The Balaban J connectivity index is 2.25. The van der Waals surface area contributed by atoms with Crippen LogP contribution in [0.4, 0.5) is 0 Å². The Hall–Kier alpha value is -1.67. The summed E-state index contributed by atoms with van der Waals surface area (Å²) in [7, 11) is 0. The molecule has 0 aliphatic rings. The van der Waals surface area contributed by atoms with E-state index in [9.17, 15) is 0 Å². The fourth-order valence-electron chi connectivity index (χ4n) is 1.94. The number of hydrogen-bond donors (Lipinski definition) is 1. The molecule has 1 aromatic carbocycles. The van der Waals surface area contributed by atoms with Crippen molar-refractivity contribution in [3.8, 4) is 0 Å². The van der Waals surface area contributed by atoms with Gasteiger partial charge in [0.05, 0.1) is 6.04 Å². The number of nitrogens with two attached hydrogens (primary N) is 1. The number of pyridine rings is 1. The van der Waals surface area contributed by atoms with E-state index in [0.717, 1.165) is 11.1 Å². The Labute approximate surface area is 109 Å². The first-order valence-corrected chi connectivity index (χ1v) is 6.24. The zero-order valence-electron chi connectivity index (χ0n) is 11.2. The maximum atomic E-state index is 6.24. The molecule has 0 bridgehead atoms. The van der Waals surface area contributed by atoms with E-state index < -0.39 is 0 Å². The van der Waals surface area contributed by atoms with Gasteiger partial charge in [-0.1, -0.05) is 51.1 Å². The Kier molecular flexibility index (Phi) is 3.48. The van der Waals surface area contributed by atoms with Crippen molar-refractivity contribution in [1.82, 2.24) is 4.98 Å². The predicted molar refractivity (Wildman–Crippen MR) is 75.4 cm³/mol. The highest BCUT2D eigenvalue weighted by atomic mass is 14.7. The van der Waals surface area contributed by atoms with Crippen molar-refractivity contribution in [2.24, 2.45) is 5.73 Å². The second-order valence-corrected chi connectivity index (χ2v) is 5.64. The van der Waals surface area contributed by atoms with Crippen molar-refractivity contribution in [3.63, 3.8) is 0 Å². The van der Waals surface area contributed by atoms with Crippen LogP contribution in [0.5, 0.6) is 0 Å². The summed E-state index contributed by atoms with van der Waals surface area (Å²) in [6, 6.07) is 12.4. The van der Waals surface area contributed by atoms with Gasteiger partial charge in [-0.15, -0.1) is 0 Å². The zero-order chi connectivity index (χ0) is 13.2. The standard InChI is InChI=1S/C16H20N2/c1-16(2,3)14-8-6-12(7-9-14)15(17)13-5-4-10-18-11-13/h4-11,15H,17H2,1-3H3. The summed E-state index contributed by atoms with van der Waals surface area (Å²) in [5, 5.41) is 0. The number of aromatic nitrogens is 1. The van der Waals surface area contributed by atoms with E-state index in [0.29, 0.717) is 0 Å². The molecule has 1 heterocycles. The van der Waals surface area contributed by atoms with E-state index >= 15 is 0 Å². The lowest BCUT2D eigenvalue weighted by molar-refractivity contribution is 0.589. The maximum absolute atomic E-state index is 6.24. The molecule has 2 nitrogen and oxygen atoms in total. The van der Waals surface area contributed by atoms with Crippen molar-refractivity contribution in [2.75, 3.05) is 0 Å². The van der Waals surface area contributed by atoms with E-state index in [2.05, 4.69) is 50.0 Å². The van der Waals surface area contributed by atoms with Crippen molar-refractivity contribution in [2.45, 2.75) is 32.2 Å². The summed E-state index contributed by atoms with van der Waals surface area (Å²) in [5.41, 5.74) is 9.90. The van der Waals surface area contributed by atoms with Gasteiger partial charge in [-0.2, -0.15) is 0 Å². The lowest BCUT2D eigenvalue weighted by atomic mass is 9.86. The fourth-order valence-corrected chi connectivity index (χ4v) is 1.94. The minimum Gasteiger partial charge on any atom is -0.320 e. The molecule has 1 aromatic heterocycles. The van der Waals surface area contributed by atoms with Crippen LogP contribution >= 0.6 is 0 Å². The van der Waals surface area contributed by atoms with Gasteiger partial charge in [-0.25, -0.2) is 0 Å². The quantitative estimate of drug-likeness (QED) is 0.873. The minimum absolute atomic E-state index is 0.104. The van der Waals surface area contributed by atoms with Crippen molar-refractivity contribution >= 4 is 0 Å². The highest BCUT2D eigenvalue weighted by Crippen LogP contribution is 2.25. The van der Waals surface area contributed by atoms with Gasteiger partial charge in [0.2, 0.25) is 0 Å². The van der Waals surface area contributed by atoms with Gasteiger partial charge in [-0.3, -0.25) is 4.98 Å². The van der Waals surface area contributed by atoms with Crippen LogP contribution in [0.15, 0.2) is 48.8 Å².